The maximum Gasteiger partial charge on any atom is 0.243 e. The van der Waals surface area contributed by atoms with Crippen molar-refractivity contribution in [2.45, 2.75) is 25.7 Å². The summed E-state index contributed by atoms with van der Waals surface area (Å²) in [6.07, 6.45) is 2.54. The lowest BCUT2D eigenvalue weighted by Gasteiger charge is -2.28. The van der Waals surface area contributed by atoms with E-state index >= 15 is 0 Å². The zero-order chi connectivity index (χ0) is 20.6. The van der Waals surface area contributed by atoms with Gasteiger partial charge in [0.15, 0.2) is 0 Å². The largest absolute Gasteiger partial charge is 0.495 e. The molecule has 0 aromatic heterocycles. The molecule has 7 nitrogen and oxygen atoms in total. The minimum atomic E-state index is -0.340. The summed E-state index contributed by atoms with van der Waals surface area (Å²) < 4.78 is 5.38. The molecular formula is C22H25N3O4. The van der Waals surface area contributed by atoms with Crippen LogP contribution >= 0.6 is 0 Å². The number of methoxy groups -OCH3 is 1. The molecule has 152 valence electrons. The molecule has 7 heteroatoms. The van der Waals surface area contributed by atoms with Crippen LogP contribution in [0.1, 0.15) is 24.8 Å². The number of rotatable bonds is 7. The van der Waals surface area contributed by atoms with Gasteiger partial charge >= 0.3 is 0 Å². The van der Waals surface area contributed by atoms with Crippen molar-refractivity contribution < 1.29 is 19.1 Å². The van der Waals surface area contributed by atoms with Crippen LogP contribution in [0.3, 0.4) is 0 Å². The molecule has 0 unspecified atom stereocenters. The predicted molar refractivity (Wildman–Crippen MR) is 111 cm³/mol. The van der Waals surface area contributed by atoms with E-state index in [2.05, 4.69) is 10.6 Å². The fraction of sp³-hybridized carbons (Fsp3) is 0.318. The molecular weight excluding hydrogens is 370 g/mol. The Morgan fingerprint density at radius 2 is 1.86 bits per heavy atom. The highest BCUT2D eigenvalue weighted by atomic mass is 16.5. The van der Waals surface area contributed by atoms with E-state index in [0.29, 0.717) is 30.1 Å². The van der Waals surface area contributed by atoms with Crippen LogP contribution in [-0.2, 0) is 20.8 Å². The molecule has 1 fully saturated rings. The Morgan fingerprint density at radius 1 is 1.07 bits per heavy atom. The fourth-order valence-corrected chi connectivity index (χ4v) is 3.27. The number of carbonyl (C=O) groups is 3. The smallest absolute Gasteiger partial charge is 0.243 e. The van der Waals surface area contributed by atoms with Crippen LogP contribution in [0.2, 0.25) is 0 Å². The van der Waals surface area contributed by atoms with E-state index in [9.17, 15) is 14.4 Å². The van der Waals surface area contributed by atoms with Crippen LogP contribution in [-0.4, -0.2) is 37.9 Å². The highest BCUT2D eigenvalue weighted by Crippen LogP contribution is 2.33. The second-order valence-electron chi connectivity index (χ2n) is 6.88. The molecule has 3 amide bonds. The van der Waals surface area contributed by atoms with Gasteiger partial charge in [-0.1, -0.05) is 30.3 Å². The van der Waals surface area contributed by atoms with Gasteiger partial charge in [0.25, 0.3) is 0 Å². The van der Waals surface area contributed by atoms with E-state index in [-0.39, 0.29) is 30.7 Å². The lowest BCUT2D eigenvalue weighted by Crippen LogP contribution is -2.35. The number of hydrogen-bond acceptors (Lipinski definition) is 4. The Labute approximate surface area is 170 Å². The van der Waals surface area contributed by atoms with Gasteiger partial charge in [-0.25, -0.2) is 0 Å². The van der Waals surface area contributed by atoms with Crippen LogP contribution in [0.25, 0.3) is 0 Å². The third-order valence-electron chi connectivity index (χ3n) is 4.73. The van der Waals surface area contributed by atoms with Gasteiger partial charge in [0.1, 0.15) is 5.75 Å². The molecule has 2 aromatic carbocycles. The molecule has 1 aliphatic rings. The molecule has 0 aliphatic carbocycles. The van der Waals surface area contributed by atoms with E-state index in [4.69, 9.17) is 4.74 Å². The van der Waals surface area contributed by atoms with Crippen molar-refractivity contribution in [3.8, 4) is 5.75 Å². The van der Waals surface area contributed by atoms with Crippen LogP contribution in [0.4, 0.5) is 11.4 Å². The van der Waals surface area contributed by atoms with Crippen molar-refractivity contribution in [2.24, 2.45) is 0 Å². The highest BCUT2D eigenvalue weighted by molar-refractivity contribution is 5.98. The molecule has 0 saturated carbocycles. The van der Waals surface area contributed by atoms with Gasteiger partial charge in [-0.15, -0.1) is 0 Å². The number of hydrogen-bond donors (Lipinski definition) is 2. The van der Waals surface area contributed by atoms with E-state index in [1.165, 1.54) is 0 Å². The third kappa shape index (κ3) is 5.57. The molecule has 2 aromatic rings. The maximum atomic E-state index is 12.3. The first kappa shape index (κ1) is 20.4. The quantitative estimate of drug-likeness (QED) is 0.754. The first-order chi connectivity index (χ1) is 14.1. The number of carbonyl (C=O) groups excluding carboxylic acids is 3. The number of nitrogens with zero attached hydrogens (tertiary/aromatic N) is 1. The lowest BCUT2D eigenvalue weighted by atomic mass is 10.1. The zero-order valence-electron chi connectivity index (χ0n) is 16.4. The van der Waals surface area contributed by atoms with Crippen molar-refractivity contribution in [1.29, 1.82) is 0 Å². The number of amides is 3. The molecule has 1 heterocycles. The molecule has 0 radical (unpaired) electrons. The molecule has 29 heavy (non-hydrogen) atoms. The van der Waals surface area contributed by atoms with Gasteiger partial charge in [0, 0.05) is 18.7 Å². The average molecular weight is 395 g/mol. The van der Waals surface area contributed by atoms with Crippen LogP contribution < -0.4 is 20.3 Å². The van der Waals surface area contributed by atoms with E-state index in [1.807, 2.05) is 30.3 Å². The molecule has 3 rings (SSSR count). The highest BCUT2D eigenvalue weighted by Gasteiger charge is 2.23. The van der Waals surface area contributed by atoms with Crippen LogP contribution in [0.15, 0.2) is 48.5 Å². The number of nitrogens with one attached hydrogen (secondary N) is 2. The number of benzene rings is 2. The van der Waals surface area contributed by atoms with Crippen molar-refractivity contribution in [1.82, 2.24) is 5.32 Å². The number of piperidine rings is 1. The Balaban J connectivity index is 1.59. The third-order valence-corrected chi connectivity index (χ3v) is 4.73. The number of ether oxygens (including phenoxy) is 1. The normalized spacial score (nSPS) is 13.7. The summed E-state index contributed by atoms with van der Waals surface area (Å²) in [6, 6.07) is 14.5. The van der Waals surface area contributed by atoms with Crippen LogP contribution in [0, 0.1) is 0 Å². The Hall–Kier alpha value is -3.35. The molecule has 2 N–H and O–H groups in total. The van der Waals surface area contributed by atoms with Gasteiger partial charge < -0.3 is 20.3 Å². The summed E-state index contributed by atoms with van der Waals surface area (Å²) in [5.41, 5.74) is 2.07. The summed E-state index contributed by atoms with van der Waals surface area (Å²) in [6.45, 7) is 0.498. The molecule has 1 aliphatic heterocycles. The van der Waals surface area contributed by atoms with Crippen molar-refractivity contribution in [3.63, 3.8) is 0 Å². The van der Waals surface area contributed by atoms with Gasteiger partial charge in [-0.3, -0.25) is 14.4 Å². The Morgan fingerprint density at radius 3 is 2.59 bits per heavy atom. The predicted octanol–water partition coefficient (Wildman–Crippen LogP) is 2.51. The topological polar surface area (TPSA) is 87.7 Å². The SMILES string of the molecule is COc1ccc(NC(=O)CNC(=O)Cc2ccccc2)cc1N1CCCCC1=O. The van der Waals surface area contributed by atoms with E-state index in [0.717, 1.165) is 18.4 Å². The first-order valence-corrected chi connectivity index (χ1v) is 9.65. The molecule has 0 bridgehead atoms. The van der Waals surface area contributed by atoms with E-state index < -0.39 is 0 Å². The average Bonchev–Trinajstić information content (AvgIpc) is 2.73. The molecule has 0 atom stereocenters. The van der Waals surface area contributed by atoms with Crippen molar-refractivity contribution in [2.75, 3.05) is 30.4 Å². The zero-order valence-corrected chi connectivity index (χ0v) is 16.4. The maximum absolute atomic E-state index is 12.3. The Kier molecular flexibility index (Phi) is 6.84. The summed E-state index contributed by atoms with van der Waals surface area (Å²) >= 11 is 0. The van der Waals surface area contributed by atoms with Crippen molar-refractivity contribution >= 4 is 29.1 Å². The van der Waals surface area contributed by atoms with Gasteiger partial charge in [-0.2, -0.15) is 0 Å². The summed E-state index contributed by atoms with van der Waals surface area (Å²) in [7, 11) is 1.55. The first-order valence-electron chi connectivity index (χ1n) is 9.65. The second-order valence-corrected chi connectivity index (χ2v) is 6.88. The summed E-state index contributed by atoms with van der Waals surface area (Å²) in [4.78, 5) is 38.2. The summed E-state index contributed by atoms with van der Waals surface area (Å²) in [5.74, 6) is 0.0637. The molecule has 0 spiro atoms. The monoisotopic (exact) mass is 395 g/mol. The standard InChI is InChI=1S/C22H25N3O4/c1-29-19-11-10-17(14-18(19)25-12-6-5-9-22(25)28)24-21(27)15-23-20(26)13-16-7-3-2-4-8-16/h2-4,7-8,10-11,14H,5-6,9,12-13,15H2,1H3,(H,23,26)(H,24,27). The van der Waals surface area contributed by atoms with Crippen molar-refractivity contribution in [3.05, 3.63) is 54.1 Å². The Bertz CT molecular complexity index is 883. The molecule has 1 saturated heterocycles. The second kappa shape index (κ2) is 9.73. The van der Waals surface area contributed by atoms with Crippen LogP contribution in [0.5, 0.6) is 5.75 Å². The minimum absolute atomic E-state index is 0.0474. The van der Waals surface area contributed by atoms with Gasteiger partial charge in [0.2, 0.25) is 17.7 Å². The van der Waals surface area contributed by atoms with E-state index in [1.54, 1.807) is 30.2 Å². The number of anilines is 2. The fourth-order valence-electron chi connectivity index (χ4n) is 3.27. The summed E-state index contributed by atoms with van der Waals surface area (Å²) in [5, 5.41) is 5.38. The van der Waals surface area contributed by atoms with Gasteiger partial charge in [-0.05, 0) is 36.6 Å². The lowest BCUT2D eigenvalue weighted by molar-refractivity contribution is -0.123. The minimum Gasteiger partial charge on any atom is -0.495 e. The van der Waals surface area contributed by atoms with Gasteiger partial charge in [0.05, 0.1) is 25.8 Å².